The third-order valence-electron chi connectivity index (χ3n) is 8.42. The second-order valence-corrected chi connectivity index (χ2v) is 11.3. The largest absolute Gasteiger partial charge is 0.311 e. The Kier molecular flexibility index (Phi) is 7.18. The summed E-state index contributed by atoms with van der Waals surface area (Å²) in [4.78, 5) is 7.39. The van der Waals surface area contributed by atoms with E-state index in [4.69, 9.17) is 4.98 Å². The summed E-state index contributed by atoms with van der Waals surface area (Å²) in [6, 6.07) is 66.2. The van der Waals surface area contributed by atoms with Crippen molar-refractivity contribution in [1.29, 1.82) is 0 Å². The molecule has 0 N–H and O–H groups in total. The van der Waals surface area contributed by atoms with Crippen molar-refractivity contribution in [2.24, 2.45) is 0 Å². The van der Waals surface area contributed by atoms with Crippen molar-refractivity contribution in [3.05, 3.63) is 188 Å². The predicted octanol–water partition coefficient (Wildman–Crippen LogP) is 11.5. The number of hydrogen-bond acceptors (Lipinski definition) is 2. The van der Waals surface area contributed by atoms with E-state index in [1.807, 2.05) is 12.1 Å². The Morgan fingerprint density at radius 3 is 1.24 bits per heavy atom. The molecule has 0 aliphatic carbocycles. The molecule has 0 unspecified atom stereocenters. The Labute approximate surface area is 269 Å². The zero-order valence-corrected chi connectivity index (χ0v) is 25.2. The number of benzene rings is 7. The predicted molar refractivity (Wildman–Crippen MR) is 192 cm³/mol. The molecule has 0 radical (unpaired) electrons. The monoisotopic (exact) mass is 589 g/mol. The summed E-state index contributed by atoms with van der Waals surface area (Å²) in [6.07, 6.45) is 0. The molecule has 1 heterocycles. The average Bonchev–Trinajstić information content (AvgIpc) is 3.54. The third-order valence-corrected chi connectivity index (χ3v) is 8.42. The fraction of sp³-hybridized carbons (Fsp3) is 0. The van der Waals surface area contributed by atoms with E-state index in [1.165, 1.54) is 22.3 Å². The van der Waals surface area contributed by atoms with E-state index in [1.54, 1.807) is 0 Å². The molecule has 0 amide bonds. The van der Waals surface area contributed by atoms with Crippen LogP contribution in [0.25, 0.3) is 50.4 Å². The molecule has 0 bridgehead atoms. The maximum atomic E-state index is 5.08. The van der Waals surface area contributed by atoms with Crippen LogP contribution in [0.5, 0.6) is 0 Å². The lowest BCUT2D eigenvalue weighted by Crippen LogP contribution is -2.10. The smallest absolute Gasteiger partial charge is 0.145 e. The van der Waals surface area contributed by atoms with E-state index < -0.39 is 0 Å². The summed E-state index contributed by atoms with van der Waals surface area (Å²) in [5.41, 5.74) is 12.3. The van der Waals surface area contributed by atoms with Gasteiger partial charge < -0.3 is 4.90 Å². The second kappa shape index (κ2) is 12.1. The summed E-state index contributed by atoms with van der Waals surface area (Å²) in [5, 5.41) is 0. The number of imidazole rings is 1. The van der Waals surface area contributed by atoms with Crippen molar-refractivity contribution >= 4 is 28.1 Å². The fourth-order valence-electron chi connectivity index (χ4n) is 6.13. The number of para-hydroxylation sites is 3. The molecule has 218 valence electrons. The van der Waals surface area contributed by atoms with Crippen LogP contribution in [0.3, 0.4) is 0 Å². The van der Waals surface area contributed by atoms with Gasteiger partial charge in [0.2, 0.25) is 0 Å². The first kappa shape index (κ1) is 27.4. The second-order valence-electron chi connectivity index (χ2n) is 11.3. The molecule has 0 saturated heterocycles. The minimum Gasteiger partial charge on any atom is -0.311 e. The van der Waals surface area contributed by atoms with E-state index in [0.717, 1.165) is 45.2 Å². The summed E-state index contributed by atoms with van der Waals surface area (Å²) in [6.45, 7) is 0. The van der Waals surface area contributed by atoms with Gasteiger partial charge in [-0.3, -0.25) is 4.57 Å². The van der Waals surface area contributed by atoms with Crippen LogP contribution in [-0.2, 0) is 0 Å². The van der Waals surface area contributed by atoms with Crippen molar-refractivity contribution in [3.8, 4) is 39.3 Å². The number of aromatic nitrogens is 2. The standard InChI is InChI=1S/C43H31N3/c1-4-12-32(13-5-1)34-20-26-38(27-21-34)45(39-28-22-35(23-29-39)33-14-6-2-7-15-33)40-30-24-36(25-31-40)43-44-41-18-10-11-19-42(41)46(43)37-16-8-3-9-17-37/h1-31H. The van der Waals surface area contributed by atoms with Crippen molar-refractivity contribution < 1.29 is 0 Å². The van der Waals surface area contributed by atoms with Gasteiger partial charge >= 0.3 is 0 Å². The van der Waals surface area contributed by atoms with Gasteiger partial charge in [-0.1, -0.05) is 115 Å². The van der Waals surface area contributed by atoms with Crippen molar-refractivity contribution in [2.75, 3.05) is 4.90 Å². The fourth-order valence-corrected chi connectivity index (χ4v) is 6.13. The van der Waals surface area contributed by atoms with Gasteiger partial charge in [0.1, 0.15) is 5.82 Å². The normalized spacial score (nSPS) is 11.0. The Morgan fingerprint density at radius 1 is 0.348 bits per heavy atom. The van der Waals surface area contributed by atoms with Crippen LogP contribution < -0.4 is 4.90 Å². The minimum atomic E-state index is 0.921. The zero-order chi connectivity index (χ0) is 30.7. The number of fused-ring (bicyclic) bond motifs is 1. The third kappa shape index (κ3) is 5.25. The molecular weight excluding hydrogens is 558 g/mol. The number of hydrogen-bond donors (Lipinski definition) is 0. The first-order valence-corrected chi connectivity index (χ1v) is 15.6. The molecule has 0 aliphatic rings. The van der Waals surface area contributed by atoms with Crippen LogP contribution in [0.2, 0.25) is 0 Å². The summed E-state index contributed by atoms with van der Waals surface area (Å²) in [5.74, 6) is 0.921. The van der Waals surface area contributed by atoms with Crippen LogP contribution in [0.15, 0.2) is 188 Å². The highest BCUT2D eigenvalue weighted by Gasteiger charge is 2.17. The molecule has 0 fully saturated rings. The highest BCUT2D eigenvalue weighted by molar-refractivity contribution is 5.85. The van der Waals surface area contributed by atoms with E-state index in [-0.39, 0.29) is 0 Å². The molecule has 8 aromatic rings. The molecule has 3 nitrogen and oxygen atoms in total. The summed E-state index contributed by atoms with van der Waals surface area (Å²) < 4.78 is 2.24. The molecule has 1 aromatic heterocycles. The van der Waals surface area contributed by atoms with Gasteiger partial charge in [-0.25, -0.2) is 4.98 Å². The summed E-state index contributed by atoms with van der Waals surface area (Å²) in [7, 11) is 0. The van der Waals surface area contributed by atoms with Crippen LogP contribution in [0.1, 0.15) is 0 Å². The zero-order valence-electron chi connectivity index (χ0n) is 25.2. The lowest BCUT2D eigenvalue weighted by molar-refractivity contribution is 1.10. The van der Waals surface area contributed by atoms with Gasteiger partial charge in [-0.2, -0.15) is 0 Å². The van der Waals surface area contributed by atoms with Gasteiger partial charge in [-0.05, 0) is 95.1 Å². The first-order valence-electron chi connectivity index (χ1n) is 15.6. The number of rotatable bonds is 7. The van der Waals surface area contributed by atoms with Crippen molar-refractivity contribution in [2.45, 2.75) is 0 Å². The molecular formula is C43H31N3. The quantitative estimate of drug-likeness (QED) is 0.184. The molecule has 0 atom stereocenters. The molecule has 0 saturated carbocycles. The molecule has 0 aliphatic heterocycles. The number of anilines is 3. The lowest BCUT2D eigenvalue weighted by Gasteiger charge is -2.26. The highest BCUT2D eigenvalue weighted by atomic mass is 15.1. The number of nitrogens with zero attached hydrogens (tertiary/aromatic N) is 3. The SMILES string of the molecule is c1ccc(-c2ccc(N(c3ccc(-c4ccccc4)cc3)c3ccc(-c4nc5ccccc5n4-c4ccccc4)cc3)cc2)cc1. The molecule has 0 spiro atoms. The van der Waals surface area contributed by atoms with Gasteiger partial charge in [0.05, 0.1) is 11.0 Å². The van der Waals surface area contributed by atoms with Crippen molar-refractivity contribution in [1.82, 2.24) is 9.55 Å². The maximum Gasteiger partial charge on any atom is 0.145 e. The Balaban J connectivity index is 1.20. The average molecular weight is 590 g/mol. The van der Waals surface area contributed by atoms with Crippen LogP contribution in [-0.4, -0.2) is 9.55 Å². The van der Waals surface area contributed by atoms with E-state index >= 15 is 0 Å². The molecule has 8 rings (SSSR count). The van der Waals surface area contributed by atoms with Crippen molar-refractivity contribution in [3.63, 3.8) is 0 Å². The van der Waals surface area contributed by atoms with Crippen LogP contribution in [0, 0.1) is 0 Å². The van der Waals surface area contributed by atoms with E-state index in [9.17, 15) is 0 Å². The molecule has 7 aromatic carbocycles. The highest BCUT2D eigenvalue weighted by Crippen LogP contribution is 2.38. The maximum absolute atomic E-state index is 5.08. The minimum absolute atomic E-state index is 0.921. The van der Waals surface area contributed by atoms with Gasteiger partial charge in [-0.15, -0.1) is 0 Å². The van der Waals surface area contributed by atoms with Gasteiger partial charge in [0.25, 0.3) is 0 Å². The summed E-state index contributed by atoms with van der Waals surface area (Å²) >= 11 is 0. The molecule has 46 heavy (non-hydrogen) atoms. The Bertz CT molecular complexity index is 2120. The Hall–Kier alpha value is -6.19. The lowest BCUT2D eigenvalue weighted by atomic mass is 10.0. The van der Waals surface area contributed by atoms with E-state index in [0.29, 0.717) is 0 Å². The van der Waals surface area contributed by atoms with Gasteiger partial charge in [0.15, 0.2) is 0 Å². The van der Waals surface area contributed by atoms with Crippen LogP contribution in [0.4, 0.5) is 17.1 Å². The topological polar surface area (TPSA) is 21.1 Å². The van der Waals surface area contributed by atoms with E-state index in [2.05, 4.69) is 185 Å². The van der Waals surface area contributed by atoms with Crippen LogP contribution >= 0.6 is 0 Å². The molecule has 3 heteroatoms. The van der Waals surface area contributed by atoms with Gasteiger partial charge in [0, 0.05) is 28.3 Å². The first-order chi connectivity index (χ1) is 22.8. The Morgan fingerprint density at radius 2 is 0.739 bits per heavy atom.